The molecule has 0 spiro atoms. The summed E-state index contributed by atoms with van der Waals surface area (Å²) < 4.78 is 1.73. The second-order valence-corrected chi connectivity index (χ2v) is 4.93. The van der Waals surface area contributed by atoms with E-state index < -0.39 is 0 Å². The van der Waals surface area contributed by atoms with Crippen molar-refractivity contribution in [3.8, 4) is 22.0 Å². The zero-order valence-electron chi connectivity index (χ0n) is 10.2. The number of nitrogen functional groups attached to an aromatic ring is 1. The van der Waals surface area contributed by atoms with Gasteiger partial charge in [-0.2, -0.15) is 5.10 Å². The van der Waals surface area contributed by atoms with Crippen LogP contribution in [0.5, 0.6) is 0 Å². The van der Waals surface area contributed by atoms with Gasteiger partial charge in [0.25, 0.3) is 0 Å². The normalized spacial score (nSPS) is 10.6. The average Bonchev–Trinajstić information content (AvgIpc) is 3.09. The molecule has 0 aliphatic heterocycles. The van der Waals surface area contributed by atoms with Crippen molar-refractivity contribution in [2.45, 2.75) is 0 Å². The zero-order chi connectivity index (χ0) is 13.2. The number of aromatic nitrogens is 4. The lowest BCUT2D eigenvalue weighted by Gasteiger charge is -2.05. The van der Waals surface area contributed by atoms with Crippen molar-refractivity contribution in [1.29, 1.82) is 0 Å². The Morgan fingerprint density at radius 3 is 2.89 bits per heavy atom. The second kappa shape index (κ2) is 4.79. The topological polar surface area (TPSA) is 81.7 Å². The van der Waals surface area contributed by atoms with Gasteiger partial charge in [-0.3, -0.25) is 4.68 Å². The highest BCUT2D eigenvalue weighted by Gasteiger charge is 2.10. The number of nitrogens with one attached hydrogen (secondary N) is 1. The van der Waals surface area contributed by atoms with Gasteiger partial charge >= 0.3 is 0 Å². The minimum atomic E-state index is 0.581. The monoisotopic (exact) mass is 272 g/mol. The molecule has 3 heterocycles. The number of aryl methyl sites for hydroxylation is 1. The molecular weight excluding hydrogens is 260 g/mol. The maximum atomic E-state index is 5.47. The maximum absolute atomic E-state index is 5.47. The molecule has 0 fully saturated rings. The Labute approximate surface area is 113 Å². The fourth-order valence-electron chi connectivity index (χ4n) is 1.74. The van der Waals surface area contributed by atoms with Crippen LogP contribution in [-0.2, 0) is 7.05 Å². The third-order valence-corrected chi connectivity index (χ3v) is 3.48. The molecule has 0 saturated carbocycles. The highest BCUT2D eigenvalue weighted by molar-refractivity contribution is 7.13. The molecule has 3 aromatic heterocycles. The Kier molecular flexibility index (Phi) is 2.98. The summed E-state index contributed by atoms with van der Waals surface area (Å²) in [5.41, 5.74) is 4.29. The standard InChI is InChI=1S/C12H12N6S/c1-18-7-8(6-14-18)9-5-11(17-13)16-12(15-9)10-3-2-4-19-10/h2-7H,13H2,1H3,(H,15,16,17). The molecule has 0 aromatic carbocycles. The first-order valence-corrected chi connectivity index (χ1v) is 6.53. The van der Waals surface area contributed by atoms with E-state index in [0.717, 1.165) is 16.1 Å². The summed E-state index contributed by atoms with van der Waals surface area (Å²) in [4.78, 5) is 9.92. The quantitative estimate of drug-likeness (QED) is 0.562. The summed E-state index contributed by atoms with van der Waals surface area (Å²) in [7, 11) is 1.87. The summed E-state index contributed by atoms with van der Waals surface area (Å²) in [6.45, 7) is 0. The van der Waals surface area contributed by atoms with E-state index in [1.807, 2.05) is 30.8 Å². The summed E-state index contributed by atoms with van der Waals surface area (Å²) >= 11 is 1.59. The summed E-state index contributed by atoms with van der Waals surface area (Å²) in [6, 6.07) is 5.75. The summed E-state index contributed by atoms with van der Waals surface area (Å²) in [5, 5.41) is 6.14. The molecule has 19 heavy (non-hydrogen) atoms. The van der Waals surface area contributed by atoms with Gasteiger partial charge in [0.1, 0.15) is 5.82 Å². The molecule has 3 N–H and O–H groups in total. The molecular formula is C12H12N6S. The van der Waals surface area contributed by atoms with Crippen LogP contribution in [0.25, 0.3) is 22.0 Å². The Bertz CT molecular complexity index is 688. The van der Waals surface area contributed by atoms with E-state index in [1.165, 1.54) is 0 Å². The minimum absolute atomic E-state index is 0.581. The van der Waals surface area contributed by atoms with Gasteiger partial charge in [0.15, 0.2) is 5.82 Å². The van der Waals surface area contributed by atoms with Crippen LogP contribution >= 0.6 is 11.3 Å². The van der Waals surface area contributed by atoms with Crippen LogP contribution in [0.3, 0.4) is 0 Å². The van der Waals surface area contributed by atoms with Crippen molar-refractivity contribution in [3.63, 3.8) is 0 Å². The smallest absolute Gasteiger partial charge is 0.172 e. The van der Waals surface area contributed by atoms with Gasteiger partial charge in [0.05, 0.1) is 16.8 Å². The van der Waals surface area contributed by atoms with E-state index in [0.29, 0.717) is 11.6 Å². The fourth-order valence-corrected chi connectivity index (χ4v) is 2.40. The molecule has 0 bridgehead atoms. The highest BCUT2D eigenvalue weighted by Crippen LogP contribution is 2.26. The first-order valence-electron chi connectivity index (χ1n) is 5.65. The lowest BCUT2D eigenvalue weighted by atomic mass is 10.2. The highest BCUT2D eigenvalue weighted by atomic mass is 32.1. The van der Waals surface area contributed by atoms with E-state index in [9.17, 15) is 0 Å². The first kappa shape index (κ1) is 11.8. The zero-order valence-corrected chi connectivity index (χ0v) is 11.1. The van der Waals surface area contributed by atoms with E-state index in [1.54, 1.807) is 28.3 Å². The molecule has 0 radical (unpaired) electrons. The number of hydrogen-bond donors (Lipinski definition) is 2. The predicted molar refractivity (Wildman–Crippen MR) is 75.4 cm³/mol. The van der Waals surface area contributed by atoms with Crippen LogP contribution in [0.1, 0.15) is 0 Å². The van der Waals surface area contributed by atoms with Crippen LogP contribution in [-0.4, -0.2) is 19.7 Å². The van der Waals surface area contributed by atoms with E-state index in [4.69, 9.17) is 5.84 Å². The van der Waals surface area contributed by atoms with Crippen molar-refractivity contribution >= 4 is 17.2 Å². The molecule has 3 aromatic rings. The molecule has 0 aliphatic rings. The molecule has 0 atom stereocenters. The van der Waals surface area contributed by atoms with Crippen molar-refractivity contribution in [1.82, 2.24) is 19.7 Å². The average molecular weight is 272 g/mol. The molecule has 0 amide bonds. The summed E-state index contributed by atoms with van der Waals surface area (Å²) in [5.74, 6) is 6.70. The van der Waals surface area contributed by atoms with Gasteiger partial charge in [0, 0.05) is 24.9 Å². The van der Waals surface area contributed by atoms with Crippen LogP contribution in [0.15, 0.2) is 36.0 Å². The maximum Gasteiger partial charge on any atom is 0.172 e. The van der Waals surface area contributed by atoms with Gasteiger partial charge in [-0.05, 0) is 11.4 Å². The minimum Gasteiger partial charge on any atom is -0.308 e. The van der Waals surface area contributed by atoms with Crippen molar-refractivity contribution in [3.05, 3.63) is 36.0 Å². The van der Waals surface area contributed by atoms with E-state index in [2.05, 4.69) is 20.5 Å². The fraction of sp³-hybridized carbons (Fsp3) is 0.0833. The molecule has 3 rings (SSSR count). The summed E-state index contributed by atoms with van der Waals surface area (Å²) in [6.07, 6.45) is 3.67. The first-order chi connectivity index (χ1) is 9.26. The number of hydrazine groups is 1. The van der Waals surface area contributed by atoms with Crippen molar-refractivity contribution < 1.29 is 0 Å². The van der Waals surface area contributed by atoms with Crippen LogP contribution in [0.2, 0.25) is 0 Å². The van der Waals surface area contributed by atoms with Crippen LogP contribution < -0.4 is 11.3 Å². The number of anilines is 1. The van der Waals surface area contributed by atoms with E-state index in [-0.39, 0.29) is 0 Å². The second-order valence-electron chi connectivity index (χ2n) is 3.99. The van der Waals surface area contributed by atoms with Gasteiger partial charge in [-0.1, -0.05) is 6.07 Å². The molecule has 0 aliphatic carbocycles. The number of hydrogen-bond acceptors (Lipinski definition) is 6. The third-order valence-electron chi connectivity index (χ3n) is 2.62. The molecule has 96 valence electrons. The lowest BCUT2D eigenvalue weighted by molar-refractivity contribution is 0.768. The number of rotatable bonds is 3. The SMILES string of the molecule is Cn1cc(-c2cc(NN)nc(-c3cccs3)n2)cn1. The largest absolute Gasteiger partial charge is 0.308 e. The van der Waals surface area contributed by atoms with E-state index >= 15 is 0 Å². The lowest BCUT2D eigenvalue weighted by Crippen LogP contribution is -2.09. The van der Waals surface area contributed by atoms with Gasteiger partial charge < -0.3 is 5.43 Å². The number of nitrogens with zero attached hydrogens (tertiary/aromatic N) is 4. The molecule has 7 heteroatoms. The Morgan fingerprint density at radius 1 is 1.37 bits per heavy atom. The van der Waals surface area contributed by atoms with Gasteiger partial charge in [-0.15, -0.1) is 11.3 Å². The molecule has 0 unspecified atom stereocenters. The third kappa shape index (κ3) is 2.33. The Hall–Kier alpha value is -2.25. The van der Waals surface area contributed by atoms with Crippen molar-refractivity contribution in [2.75, 3.05) is 5.43 Å². The molecule has 0 saturated heterocycles. The Balaban J connectivity index is 2.12. The van der Waals surface area contributed by atoms with Crippen LogP contribution in [0, 0.1) is 0 Å². The predicted octanol–water partition coefficient (Wildman–Crippen LogP) is 1.89. The number of thiophene rings is 1. The van der Waals surface area contributed by atoms with Gasteiger partial charge in [-0.25, -0.2) is 15.8 Å². The Morgan fingerprint density at radius 2 is 2.26 bits per heavy atom. The molecule has 6 nitrogen and oxygen atoms in total. The van der Waals surface area contributed by atoms with Gasteiger partial charge in [0.2, 0.25) is 0 Å². The van der Waals surface area contributed by atoms with Crippen molar-refractivity contribution in [2.24, 2.45) is 12.9 Å². The van der Waals surface area contributed by atoms with Crippen LogP contribution in [0.4, 0.5) is 5.82 Å². The number of nitrogens with two attached hydrogens (primary N) is 1.